The molecule has 3 aromatic rings. The lowest BCUT2D eigenvalue weighted by Crippen LogP contribution is -1.98. The van der Waals surface area contributed by atoms with E-state index in [-0.39, 0.29) is 5.82 Å². The Morgan fingerprint density at radius 1 is 1.39 bits per heavy atom. The number of hydrogen-bond acceptors (Lipinski definition) is 2. The summed E-state index contributed by atoms with van der Waals surface area (Å²) in [6.45, 7) is 2.02. The summed E-state index contributed by atoms with van der Waals surface area (Å²) in [5, 5.41) is 9.94. The smallest absolute Gasteiger partial charge is 0.371 e. The van der Waals surface area contributed by atoms with Gasteiger partial charge >= 0.3 is 5.97 Å². The van der Waals surface area contributed by atoms with Crippen molar-refractivity contribution < 1.29 is 9.90 Å². The first-order valence-electron chi connectivity index (χ1n) is 5.52. The van der Waals surface area contributed by atoms with Crippen LogP contribution in [-0.4, -0.2) is 26.0 Å². The highest BCUT2D eigenvalue weighted by Gasteiger charge is 2.13. The van der Waals surface area contributed by atoms with E-state index in [1.54, 1.807) is 6.20 Å². The number of fused-ring (bicyclic) bond motifs is 1. The van der Waals surface area contributed by atoms with E-state index in [4.69, 9.17) is 5.11 Å². The van der Waals surface area contributed by atoms with E-state index < -0.39 is 5.97 Å². The lowest BCUT2D eigenvalue weighted by Gasteiger charge is -1.99. The number of nitrogens with zero attached hydrogens (tertiary/aromatic N) is 1. The van der Waals surface area contributed by atoms with Crippen LogP contribution in [0.5, 0.6) is 0 Å². The Morgan fingerprint density at radius 2 is 2.22 bits per heavy atom. The lowest BCUT2D eigenvalue weighted by molar-refractivity contribution is 0.0685. The molecule has 0 saturated heterocycles. The number of aromatic carboxylic acids is 1. The van der Waals surface area contributed by atoms with Gasteiger partial charge in [-0.25, -0.2) is 9.78 Å². The van der Waals surface area contributed by atoms with Gasteiger partial charge in [0.1, 0.15) is 0 Å². The fourth-order valence-corrected chi connectivity index (χ4v) is 2.15. The van der Waals surface area contributed by atoms with Crippen LogP contribution in [0.25, 0.3) is 22.2 Å². The summed E-state index contributed by atoms with van der Waals surface area (Å²) in [7, 11) is 0. The number of carbonyl (C=O) groups is 1. The predicted octanol–water partition coefficient (Wildman–Crippen LogP) is 2.56. The highest BCUT2D eigenvalue weighted by atomic mass is 16.4. The Hall–Kier alpha value is -2.56. The van der Waals surface area contributed by atoms with Gasteiger partial charge < -0.3 is 15.1 Å². The van der Waals surface area contributed by atoms with Gasteiger partial charge in [0.15, 0.2) is 0 Å². The van der Waals surface area contributed by atoms with Gasteiger partial charge in [0.05, 0.1) is 11.9 Å². The number of aromatic nitrogens is 3. The molecule has 0 aliphatic rings. The lowest BCUT2D eigenvalue weighted by atomic mass is 10.1. The van der Waals surface area contributed by atoms with Crippen LogP contribution in [-0.2, 0) is 0 Å². The molecule has 0 saturated carbocycles. The summed E-state index contributed by atoms with van der Waals surface area (Å²) >= 11 is 0. The highest BCUT2D eigenvalue weighted by Crippen LogP contribution is 2.29. The maximum Gasteiger partial charge on any atom is 0.371 e. The van der Waals surface area contributed by atoms with Gasteiger partial charge in [0, 0.05) is 22.7 Å². The van der Waals surface area contributed by atoms with E-state index >= 15 is 0 Å². The van der Waals surface area contributed by atoms with Crippen molar-refractivity contribution in [3.63, 3.8) is 0 Å². The van der Waals surface area contributed by atoms with E-state index in [0.29, 0.717) is 5.69 Å². The zero-order chi connectivity index (χ0) is 12.7. The third-order valence-corrected chi connectivity index (χ3v) is 2.98. The largest absolute Gasteiger partial charge is 0.475 e. The molecule has 2 heterocycles. The number of H-pyrrole nitrogens is 2. The van der Waals surface area contributed by atoms with E-state index in [1.165, 1.54) is 0 Å². The monoisotopic (exact) mass is 241 g/mol. The van der Waals surface area contributed by atoms with Crippen molar-refractivity contribution >= 4 is 16.9 Å². The highest BCUT2D eigenvalue weighted by molar-refractivity contribution is 5.97. The molecule has 2 aromatic heterocycles. The van der Waals surface area contributed by atoms with Crippen molar-refractivity contribution in [3.8, 4) is 11.3 Å². The third-order valence-electron chi connectivity index (χ3n) is 2.98. The van der Waals surface area contributed by atoms with E-state index in [0.717, 1.165) is 22.0 Å². The first kappa shape index (κ1) is 10.6. The average molecular weight is 241 g/mol. The van der Waals surface area contributed by atoms with Gasteiger partial charge in [-0.05, 0) is 18.6 Å². The average Bonchev–Trinajstić information content (AvgIpc) is 2.94. The van der Waals surface area contributed by atoms with Gasteiger partial charge in [0.25, 0.3) is 0 Å². The summed E-state index contributed by atoms with van der Waals surface area (Å²) in [4.78, 5) is 20.6. The topological polar surface area (TPSA) is 81.8 Å². The van der Waals surface area contributed by atoms with Crippen molar-refractivity contribution in [3.05, 3.63) is 42.0 Å². The van der Waals surface area contributed by atoms with Crippen molar-refractivity contribution in [2.24, 2.45) is 0 Å². The number of nitrogens with one attached hydrogen (secondary N) is 2. The molecule has 90 valence electrons. The fraction of sp³-hybridized carbons (Fsp3) is 0.0769. The number of aryl methyl sites for hydroxylation is 1. The first-order chi connectivity index (χ1) is 8.66. The molecule has 0 fully saturated rings. The molecule has 0 aliphatic carbocycles. The molecule has 0 bridgehead atoms. The van der Waals surface area contributed by atoms with Gasteiger partial charge in [-0.2, -0.15) is 0 Å². The van der Waals surface area contributed by atoms with Gasteiger partial charge in [-0.3, -0.25) is 0 Å². The second-order valence-corrected chi connectivity index (χ2v) is 4.15. The van der Waals surface area contributed by atoms with Crippen LogP contribution in [0.15, 0.2) is 30.6 Å². The van der Waals surface area contributed by atoms with E-state index in [2.05, 4.69) is 15.0 Å². The molecule has 0 spiro atoms. The number of aromatic amines is 2. The molecule has 3 N–H and O–H groups in total. The SMILES string of the molecule is Cc1cccc2[nH]cc(-c3cnc(C(=O)O)[nH]3)c12. The molecule has 0 amide bonds. The first-order valence-corrected chi connectivity index (χ1v) is 5.52. The molecular weight excluding hydrogens is 230 g/mol. The van der Waals surface area contributed by atoms with Crippen LogP contribution < -0.4 is 0 Å². The number of benzene rings is 1. The Morgan fingerprint density at radius 3 is 2.94 bits per heavy atom. The second kappa shape index (κ2) is 3.73. The zero-order valence-electron chi connectivity index (χ0n) is 9.69. The Bertz CT molecular complexity index is 740. The molecule has 0 atom stereocenters. The molecule has 3 rings (SSSR count). The normalized spacial score (nSPS) is 10.9. The summed E-state index contributed by atoms with van der Waals surface area (Å²) in [5.41, 5.74) is 3.79. The molecule has 0 unspecified atom stereocenters. The van der Waals surface area contributed by atoms with Crippen molar-refractivity contribution in [2.45, 2.75) is 6.92 Å². The number of carboxylic acids is 1. The maximum absolute atomic E-state index is 10.8. The van der Waals surface area contributed by atoms with Gasteiger partial charge in [-0.1, -0.05) is 12.1 Å². The summed E-state index contributed by atoms with van der Waals surface area (Å²) in [5.74, 6) is -1.11. The number of hydrogen-bond donors (Lipinski definition) is 3. The predicted molar refractivity (Wildman–Crippen MR) is 67.6 cm³/mol. The van der Waals surface area contributed by atoms with E-state index in [1.807, 2.05) is 31.3 Å². The molecule has 5 nitrogen and oxygen atoms in total. The van der Waals surface area contributed by atoms with Crippen LogP contribution in [0.3, 0.4) is 0 Å². The zero-order valence-corrected chi connectivity index (χ0v) is 9.69. The van der Waals surface area contributed by atoms with E-state index in [9.17, 15) is 4.79 Å². The molecule has 0 radical (unpaired) electrons. The summed E-state index contributed by atoms with van der Waals surface area (Å²) < 4.78 is 0. The van der Waals surface area contributed by atoms with Crippen LogP contribution >= 0.6 is 0 Å². The minimum absolute atomic E-state index is 0.0482. The quantitative estimate of drug-likeness (QED) is 0.644. The maximum atomic E-state index is 10.8. The summed E-state index contributed by atoms with van der Waals surface area (Å²) in [6.07, 6.45) is 3.40. The Kier molecular flexibility index (Phi) is 2.19. The molecule has 0 aliphatic heterocycles. The number of carboxylic acid groups (broad SMARTS) is 1. The molecule has 1 aromatic carbocycles. The molecule has 18 heavy (non-hydrogen) atoms. The van der Waals surface area contributed by atoms with Crippen LogP contribution in [0, 0.1) is 6.92 Å². The number of imidazole rings is 1. The van der Waals surface area contributed by atoms with Gasteiger partial charge in [-0.15, -0.1) is 0 Å². The Labute approximate surface area is 102 Å². The fourth-order valence-electron chi connectivity index (χ4n) is 2.15. The van der Waals surface area contributed by atoms with Crippen molar-refractivity contribution in [1.82, 2.24) is 15.0 Å². The Balaban J connectivity index is 2.22. The minimum Gasteiger partial charge on any atom is -0.475 e. The second-order valence-electron chi connectivity index (χ2n) is 4.15. The van der Waals surface area contributed by atoms with Crippen LogP contribution in [0.2, 0.25) is 0 Å². The minimum atomic E-state index is -1.06. The standard InChI is InChI=1S/C13H11N3O2/c1-7-3-2-4-9-11(7)8(5-14-9)10-6-15-12(16-10)13(17)18/h2-6,14H,1H3,(H,15,16)(H,17,18). The molecule has 5 heteroatoms. The van der Waals surface area contributed by atoms with Crippen LogP contribution in [0.4, 0.5) is 0 Å². The number of rotatable bonds is 2. The third kappa shape index (κ3) is 1.48. The molecular formula is C13H11N3O2. The summed E-state index contributed by atoms with van der Waals surface area (Å²) in [6, 6.07) is 5.99. The van der Waals surface area contributed by atoms with Gasteiger partial charge in [0.2, 0.25) is 5.82 Å². The van der Waals surface area contributed by atoms with Crippen molar-refractivity contribution in [2.75, 3.05) is 0 Å². The van der Waals surface area contributed by atoms with Crippen LogP contribution in [0.1, 0.15) is 16.2 Å². The van der Waals surface area contributed by atoms with Crippen molar-refractivity contribution in [1.29, 1.82) is 0 Å².